The summed E-state index contributed by atoms with van der Waals surface area (Å²) in [6.07, 6.45) is 0. The number of carbonyl (C=O) groups excluding carboxylic acids is 1. The van der Waals surface area contributed by atoms with Gasteiger partial charge in [0, 0.05) is 6.54 Å². The summed E-state index contributed by atoms with van der Waals surface area (Å²) in [5.41, 5.74) is 0.590. The quantitative estimate of drug-likeness (QED) is 0.728. The molecule has 0 heterocycles. The molecule has 1 atom stereocenters. The minimum Gasteiger partial charge on any atom is -0.395 e. The van der Waals surface area contributed by atoms with Gasteiger partial charge in [-0.15, -0.1) is 0 Å². The molecular weight excluding hydrogens is 228 g/mol. The molecule has 1 aromatic rings. The highest BCUT2D eigenvalue weighted by molar-refractivity contribution is 6.33. The van der Waals surface area contributed by atoms with Crippen LogP contribution in [0.1, 0.15) is 6.92 Å². The summed E-state index contributed by atoms with van der Waals surface area (Å²) in [7, 11) is 0. The monoisotopic (exact) mass is 242 g/mol. The minimum absolute atomic E-state index is 0.00368. The Kier molecular flexibility index (Phi) is 5.25. The van der Waals surface area contributed by atoms with Gasteiger partial charge in [0.05, 0.1) is 23.4 Å². The SMILES string of the molecule is CC(NCCO)C(=O)Nc1ccccc1Cl. The van der Waals surface area contributed by atoms with Gasteiger partial charge in [0.2, 0.25) is 5.91 Å². The van der Waals surface area contributed by atoms with E-state index >= 15 is 0 Å². The van der Waals surface area contributed by atoms with Gasteiger partial charge in [0.15, 0.2) is 0 Å². The van der Waals surface area contributed by atoms with E-state index in [1.165, 1.54) is 0 Å². The maximum atomic E-state index is 11.7. The van der Waals surface area contributed by atoms with Gasteiger partial charge in [-0.3, -0.25) is 4.79 Å². The third-order valence-corrected chi connectivity index (χ3v) is 2.42. The topological polar surface area (TPSA) is 61.4 Å². The molecule has 1 amide bonds. The highest BCUT2D eigenvalue weighted by Gasteiger charge is 2.12. The lowest BCUT2D eigenvalue weighted by molar-refractivity contribution is -0.117. The van der Waals surface area contributed by atoms with Crippen LogP contribution in [0.15, 0.2) is 24.3 Å². The Bertz CT molecular complexity index is 358. The Morgan fingerprint density at radius 2 is 2.19 bits per heavy atom. The number of anilines is 1. The molecule has 0 saturated heterocycles. The van der Waals surface area contributed by atoms with Crippen LogP contribution < -0.4 is 10.6 Å². The van der Waals surface area contributed by atoms with Crippen molar-refractivity contribution in [3.63, 3.8) is 0 Å². The molecule has 3 N–H and O–H groups in total. The molecule has 0 bridgehead atoms. The molecule has 0 aromatic heterocycles. The molecule has 0 spiro atoms. The molecule has 0 aliphatic heterocycles. The van der Waals surface area contributed by atoms with Gasteiger partial charge in [-0.25, -0.2) is 0 Å². The summed E-state index contributed by atoms with van der Waals surface area (Å²) >= 11 is 5.90. The van der Waals surface area contributed by atoms with Crippen LogP contribution in [-0.4, -0.2) is 30.2 Å². The van der Waals surface area contributed by atoms with Crippen molar-refractivity contribution in [1.29, 1.82) is 0 Å². The number of nitrogens with one attached hydrogen (secondary N) is 2. The molecular formula is C11H15ClN2O2. The average molecular weight is 243 g/mol. The fraction of sp³-hybridized carbons (Fsp3) is 0.364. The van der Waals surface area contributed by atoms with Crippen molar-refractivity contribution in [2.45, 2.75) is 13.0 Å². The molecule has 0 aliphatic rings. The molecule has 0 saturated carbocycles. The predicted octanol–water partition coefficient (Wildman–Crippen LogP) is 1.25. The Morgan fingerprint density at radius 1 is 1.50 bits per heavy atom. The van der Waals surface area contributed by atoms with Crippen LogP contribution in [0, 0.1) is 0 Å². The first-order chi connectivity index (χ1) is 7.65. The van der Waals surface area contributed by atoms with Gasteiger partial charge >= 0.3 is 0 Å². The van der Waals surface area contributed by atoms with E-state index in [1.807, 2.05) is 0 Å². The van der Waals surface area contributed by atoms with Crippen molar-refractivity contribution in [3.8, 4) is 0 Å². The molecule has 4 nitrogen and oxygen atoms in total. The fourth-order valence-corrected chi connectivity index (χ4v) is 1.36. The van der Waals surface area contributed by atoms with E-state index in [1.54, 1.807) is 31.2 Å². The number of aliphatic hydroxyl groups excluding tert-OH is 1. The van der Waals surface area contributed by atoms with Gasteiger partial charge in [-0.05, 0) is 19.1 Å². The number of amides is 1. The van der Waals surface area contributed by atoms with Crippen molar-refractivity contribution < 1.29 is 9.90 Å². The zero-order valence-electron chi connectivity index (χ0n) is 9.03. The van der Waals surface area contributed by atoms with E-state index in [0.29, 0.717) is 17.3 Å². The fourth-order valence-electron chi connectivity index (χ4n) is 1.18. The number of aliphatic hydroxyl groups is 1. The van der Waals surface area contributed by atoms with E-state index in [4.69, 9.17) is 16.7 Å². The van der Waals surface area contributed by atoms with Crippen molar-refractivity contribution in [1.82, 2.24) is 5.32 Å². The van der Waals surface area contributed by atoms with Gasteiger partial charge in [0.25, 0.3) is 0 Å². The van der Waals surface area contributed by atoms with Crippen molar-refractivity contribution in [2.24, 2.45) is 0 Å². The lowest BCUT2D eigenvalue weighted by Crippen LogP contribution is -2.39. The largest absolute Gasteiger partial charge is 0.395 e. The van der Waals surface area contributed by atoms with Crippen molar-refractivity contribution in [2.75, 3.05) is 18.5 Å². The van der Waals surface area contributed by atoms with Crippen LogP contribution in [0.5, 0.6) is 0 Å². The number of para-hydroxylation sites is 1. The van der Waals surface area contributed by atoms with Gasteiger partial charge < -0.3 is 15.7 Å². The van der Waals surface area contributed by atoms with Crippen molar-refractivity contribution in [3.05, 3.63) is 29.3 Å². The summed E-state index contributed by atoms with van der Waals surface area (Å²) in [5, 5.41) is 14.7. The molecule has 0 fully saturated rings. The molecule has 1 aromatic carbocycles. The maximum Gasteiger partial charge on any atom is 0.241 e. The van der Waals surface area contributed by atoms with Crippen molar-refractivity contribution >= 4 is 23.2 Å². The summed E-state index contributed by atoms with van der Waals surface area (Å²) in [5.74, 6) is -0.179. The Balaban J connectivity index is 2.54. The van der Waals surface area contributed by atoms with Gasteiger partial charge in [-0.2, -0.15) is 0 Å². The van der Waals surface area contributed by atoms with Crippen LogP contribution in [0.4, 0.5) is 5.69 Å². The van der Waals surface area contributed by atoms with E-state index in [9.17, 15) is 4.79 Å². The molecule has 88 valence electrons. The standard InChI is InChI=1S/C11H15ClN2O2/c1-8(13-6-7-15)11(16)14-10-5-3-2-4-9(10)12/h2-5,8,13,15H,6-7H2,1H3,(H,14,16). The third kappa shape index (κ3) is 3.81. The van der Waals surface area contributed by atoms with Crippen LogP contribution in [0.2, 0.25) is 5.02 Å². The van der Waals surface area contributed by atoms with E-state index in [2.05, 4.69) is 10.6 Å². The third-order valence-electron chi connectivity index (χ3n) is 2.09. The number of carbonyl (C=O) groups is 1. The number of hydrogen-bond donors (Lipinski definition) is 3. The van der Waals surface area contributed by atoms with E-state index in [0.717, 1.165) is 0 Å². The predicted molar refractivity (Wildman–Crippen MR) is 64.6 cm³/mol. The van der Waals surface area contributed by atoms with Crippen LogP contribution >= 0.6 is 11.6 Å². The minimum atomic E-state index is -0.372. The van der Waals surface area contributed by atoms with Crippen LogP contribution in [0.25, 0.3) is 0 Å². The van der Waals surface area contributed by atoms with Gasteiger partial charge in [0.1, 0.15) is 0 Å². The summed E-state index contributed by atoms with van der Waals surface area (Å²) in [6, 6.07) is 6.67. The molecule has 1 unspecified atom stereocenters. The average Bonchev–Trinajstić information content (AvgIpc) is 2.28. The molecule has 0 aliphatic carbocycles. The second kappa shape index (κ2) is 6.48. The summed E-state index contributed by atoms with van der Waals surface area (Å²) in [4.78, 5) is 11.7. The normalized spacial score (nSPS) is 12.2. The first-order valence-electron chi connectivity index (χ1n) is 5.04. The lowest BCUT2D eigenvalue weighted by atomic mass is 10.2. The number of rotatable bonds is 5. The first kappa shape index (κ1) is 13.0. The number of halogens is 1. The number of benzene rings is 1. The lowest BCUT2D eigenvalue weighted by Gasteiger charge is -2.13. The summed E-state index contributed by atoms with van der Waals surface area (Å²) in [6.45, 7) is 2.11. The van der Waals surface area contributed by atoms with Gasteiger partial charge in [-0.1, -0.05) is 23.7 Å². The van der Waals surface area contributed by atoms with Crippen LogP contribution in [0.3, 0.4) is 0 Å². The number of hydrogen-bond acceptors (Lipinski definition) is 3. The Labute approximate surface area is 99.6 Å². The maximum absolute atomic E-state index is 11.7. The van der Waals surface area contributed by atoms with Crippen LogP contribution in [-0.2, 0) is 4.79 Å². The van der Waals surface area contributed by atoms with E-state index < -0.39 is 0 Å². The summed E-state index contributed by atoms with van der Waals surface area (Å²) < 4.78 is 0. The zero-order chi connectivity index (χ0) is 12.0. The Morgan fingerprint density at radius 3 is 2.81 bits per heavy atom. The Hall–Kier alpha value is -1.10. The molecule has 5 heteroatoms. The smallest absolute Gasteiger partial charge is 0.241 e. The highest BCUT2D eigenvalue weighted by Crippen LogP contribution is 2.20. The second-order valence-electron chi connectivity index (χ2n) is 3.37. The molecule has 16 heavy (non-hydrogen) atoms. The highest BCUT2D eigenvalue weighted by atomic mass is 35.5. The second-order valence-corrected chi connectivity index (χ2v) is 3.78. The first-order valence-corrected chi connectivity index (χ1v) is 5.42. The van der Waals surface area contributed by atoms with E-state index in [-0.39, 0.29) is 18.6 Å². The zero-order valence-corrected chi connectivity index (χ0v) is 9.79. The molecule has 1 rings (SSSR count). The molecule has 0 radical (unpaired) electrons.